The van der Waals surface area contributed by atoms with Gasteiger partial charge in [0.25, 0.3) is 0 Å². The minimum absolute atomic E-state index is 0.0147. The lowest BCUT2D eigenvalue weighted by atomic mass is 10.2. The first-order chi connectivity index (χ1) is 9.12. The molecule has 0 aliphatic heterocycles. The number of ether oxygens (including phenoxy) is 1. The molecule has 1 aromatic carbocycles. The van der Waals surface area contributed by atoms with Gasteiger partial charge in [0.05, 0.1) is 11.6 Å². The van der Waals surface area contributed by atoms with Crippen molar-refractivity contribution in [3.05, 3.63) is 41.5 Å². The molecule has 2 N–H and O–H groups in total. The molecule has 2 rings (SSSR count). The van der Waals surface area contributed by atoms with Crippen LogP contribution >= 0.6 is 0 Å². The van der Waals surface area contributed by atoms with Gasteiger partial charge in [-0.2, -0.15) is 10.2 Å². The third kappa shape index (κ3) is 2.96. The number of halogens is 1. The summed E-state index contributed by atoms with van der Waals surface area (Å²) >= 11 is 0. The van der Waals surface area contributed by atoms with Crippen molar-refractivity contribution in [3.63, 3.8) is 0 Å². The Bertz CT molecular complexity index is 652. The van der Waals surface area contributed by atoms with Crippen molar-refractivity contribution in [2.45, 2.75) is 13.3 Å². The highest BCUT2D eigenvalue weighted by Gasteiger charge is 2.08. The first kappa shape index (κ1) is 12.8. The number of aryl methyl sites for hydroxylation is 1. The Morgan fingerprint density at radius 2 is 2.16 bits per heavy atom. The second-order valence-electron chi connectivity index (χ2n) is 3.76. The van der Waals surface area contributed by atoms with E-state index in [0.717, 1.165) is 6.07 Å². The minimum Gasteiger partial charge on any atom is -0.436 e. The minimum atomic E-state index is -0.630. The molecule has 19 heavy (non-hydrogen) atoms. The van der Waals surface area contributed by atoms with Gasteiger partial charge in [0, 0.05) is 12.5 Å². The Balaban J connectivity index is 2.31. The molecular formula is C13H11FN4O. The first-order valence-electron chi connectivity index (χ1n) is 5.63. The van der Waals surface area contributed by atoms with Crippen LogP contribution in [-0.2, 0) is 6.42 Å². The third-order valence-electron chi connectivity index (χ3n) is 2.36. The van der Waals surface area contributed by atoms with E-state index in [2.05, 4.69) is 9.97 Å². The predicted molar refractivity (Wildman–Crippen MR) is 67.0 cm³/mol. The van der Waals surface area contributed by atoms with Crippen LogP contribution in [0, 0.1) is 17.1 Å². The fraction of sp³-hybridized carbons (Fsp3) is 0.154. The van der Waals surface area contributed by atoms with Gasteiger partial charge < -0.3 is 10.5 Å². The zero-order valence-corrected chi connectivity index (χ0v) is 10.2. The summed E-state index contributed by atoms with van der Waals surface area (Å²) in [6.07, 6.45) is 0.594. The highest BCUT2D eigenvalue weighted by atomic mass is 19.1. The molecule has 0 bridgehead atoms. The standard InChI is InChI=1S/C13H11FN4O/c1-2-12-17-11(16)6-13(18-12)19-10-4-3-8(7-15)5-9(10)14/h3-6H,2H2,1H3,(H2,16,17,18). The van der Waals surface area contributed by atoms with Crippen LogP contribution < -0.4 is 10.5 Å². The number of hydrogen-bond acceptors (Lipinski definition) is 5. The van der Waals surface area contributed by atoms with Gasteiger partial charge in [0.2, 0.25) is 5.88 Å². The van der Waals surface area contributed by atoms with E-state index in [1.54, 1.807) is 0 Å². The van der Waals surface area contributed by atoms with Crippen LogP contribution in [0.5, 0.6) is 11.6 Å². The number of nitrogen functional groups attached to an aromatic ring is 1. The molecule has 0 saturated carbocycles. The van der Waals surface area contributed by atoms with Crippen LogP contribution in [0.25, 0.3) is 0 Å². The number of hydrogen-bond donors (Lipinski definition) is 1. The van der Waals surface area contributed by atoms with Gasteiger partial charge in [0.15, 0.2) is 11.6 Å². The maximum Gasteiger partial charge on any atom is 0.224 e. The quantitative estimate of drug-likeness (QED) is 0.913. The molecule has 0 aliphatic rings. The molecule has 0 saturated heterocycles. The molecule has 0 fully saturated rings. The largest absolute Gasteiger partial charge is 0.436 e. The van der Waals surface area contributed by atoms with Crippen molar-refractivity contribution in [1.82, 2.24) is 9.97 Å². The van der Waals surface area contributed by atoms with E-state index in [1.807, 2.05) is 13.0 Å². The monoisotopic (exact) mass is 258 g/mol. The van der Waals surface area contributed by atoms with Gasteiger partial charge in [-0.3, -0.25) is 0 Å². The van der Waals surface area contributed by atoms with Gasteiger partial charge in [0.1, 0.15) is 11.6 Å². The van der Waals surface area contributed by atoms with Crippen LogP contribution in [0.2, 0.25) is 0 Å². The smallest absolute Gasteiger partial charge is 0.224 e. The Kier molecular flexibility index (Phi) is 3.57. The summed E-state index contributed by atoms with van der Waals surface area (Å²) in [5.74, 6) is 0.307. The van der Waals surface area contributed by atoms with E-state index in [4.69, 9.17) is 15.7 Å². The second kappa shape index (κ2) is 5.31. The Hall–Kier alpha value is -2.68. The Labute approximate surface area is 109 Å². The van der Waals surface area contributed by atoms with Crippen molar-refractivity contribution >= 4 is 5.82 Å². The van der Waals surface area contributed by atoms with Gasteiger partial charge in [-0.25, -0.2) is 9.37 Å². The van der Waals surface area contributed by atoms with Crippen molar-refractivity contribution in [3.8, 4) is 17.7 Å². The third-order valence-corrected chi connectivity index (χ3v) is 2.36. The van der Waals surface area contributed by atoms with Crippen LogP contribution in [-0.4, -0.2) is 9.97 Å². The lowest BCUT2D eigenvalue weighted by molar-refractivity contribution is 0.425. The van der Waals surface area contributed by atoms with Crippen molar-refractivity contribution in [1.29, 1.82) is 5.26 Å². The van der Waals surface area contributed by atoms with E-state index < -0.39 is 5.82 Å². The molecule has 2 aromatic rings. The van der Waals surface area contributed by atoms with Gasteiger partial charge in [-0.05, 0) is 18.2 Å². The van der Waals surface area contributed by atoms with Crippen molar-refractivity contribution < 1.29 is 9.13 Å². The second-order valence-corrected chi connectivity index (χ2v) is 3.76. The van der Waals surface area contributed by atoms with Gasteiger partial charge in [-0.15, -0.1) is 0 Å². The number of nitrogens with zero attached hydrogens (tertiary/aromatic N) is 3. The molecule has 5 nitrogen and oxygen atoms in total. The summed E-state index contributed by atoms with van der Waals surface area (Å²) in [6, 6.07) is 7.19. The molecule has 0 aliphatic carbocycles. The van der Waals surface area contributed by atoms with Crippen LogP contribution in [0.15, 0.2) is 24.3 Å². The van der Waals surface area contributed by atoms with Gasteiger partial charge in [-0.1, -0.05) is 6.92 Å². The maximum atomic E-state index is 13.7. The van der Waals surface area contributed by atoms with Crippen LogP contribution in [0.3, 0.4) is 0 Å². The summed E-state index contributed by atoms with van der Waals surface area (Å²) in [4.78, 5) is 8.08. The number of benzene rings is 1. The fourth-order valence-electron chi connectivity index (χ4n) is 1.47. The summed E-state index contributed by atoms with van der Waals surface area (Å²) in [7, 11) is 0. The number of anilines is 1. The summed E-state index contributed by atoms with van der Waals surface area (Å²) in [5.41, 5.74) is 5.83. The van der Waals surface area contributed by atoms with Crippen LogP contribution in [0.4, 0.5) is 10.2 Å². The number of nitriles is 1. The molecule has 0 radical (unpaired) electrons. The molecule has 6 heteroatoms. The highest BCUT2D eigenvalue weighted by Crippen LogP contribution is 2.24. The molecule has 0 unspecified atom stereocenters. The number of nitrogens with two attached hydrogens (primary N) is 1. The maximum absolute atomic E-state index is 13.7. The summed E-state index contributed by atoms with van der Waals surface area (Å²) < 4.78 is 19.0. The molecular weight excluding hydrogens is 247 g/mol. The Morgan fingerprint density at radius 1 is 1.37 bits per heavy atom. The van der Waals surface area contributed by atoms with E-state index in [-0.39, 0.29) is 23.0 Å². The lowest BCUT2D eigenvalue weighted by Gasteiger charge is -2.07. The summed E-state index contributed by atoms with van der Waals surface area (Å²) in [6.45, 7) is 1.88. The van der Waals surface area contributed by atoms with Gasteiger partial charge >= 0.3 is 0 Å². The first-order valence-corrected chi connectivity index (χ1v) is 5.63. The predicted octanol–water partition coefficient (Wildman–Crippen LogP) is 2.42. The normalized spacial score (nSPS) is 9.95. The lowest BCUT2D eigenvalue weighted by Crippen LogP contribution is -2.01. The van der Waals surface area contributed by atoms with E-state index in [1.165, 1.54) is 18.2 Å². The molecule has 0 spiro atoms. The van der Waals surface area contributed by atoms with Crippen LogP contribution in [0.1, 0.15) is 18.3 Å². The fourth-order valence-corrected chi connectivity index (χ4v) is 1.47. The van der Waals surface area contributed by atoms with Crippen molar-refractivity contribution in [2.75, 3.05) is 5.73 Å². The zero-order chi connectivity index (χ0) is 13.8. The molecule has 1 heterocycles. The Morgan fingerprint density at radius 3 is 2.79 bits per heavy atom. The topological polar surface area (TPSA) is 84.8 Å². The molecule has 0 amide bonds. The highest BCUT2D eigenvalue weighted by molar-refractivity contribution is 5.39. The SMILES string of the molecule is CCc1nc(N)cc(Oc2ccc(C#N)cc2F)n1. The van der Waals surface area contributed by atoms with E-state index in [9.17, 15) is 4.39 Å². The average Bonchev–Trinajstić information content (AvgIpc) is 2.40. The number of aromatic nitrogens is 2. The van der Waals surface area contributed by atoms with Crippen molar-refractivity contribution in [2.24, 2.45) is 0 Å². The number of rotatable bonds is 3. The molecule has 96 valence electrons. The van der Waals surface area contributed by atoms with E-state index in [0.29, 0.717) is 12.2 Å². The molecule has 1 aromatic heterocycles. The van der Waals surface area contributed by atoms with E-state index >= 15 is 0 Å². The molecule has 0 atom stereocenters. The summed E-state index contributed by atoms with van der Waals surface area (Å²) in [5, 5.41) is 8.65. The average molecular weight is 258 g/mol. The zero-order valence-electron chi connectivity index (χ0n) is 10.2.